The van der Waals surface area contributed by atoms with E-state index >= 15 is 0 Å². The molecule has 0 saturated carbocycles. The molecule has 1 aromatic rings. The summed E-state index contributed by atoms with van der Waals surface area (Å²) >= 11 is 0. The highest BCUT2D eigenvalue weighted by molar-refractivity contribution is 5.66. The van der Waals surface area contributed by atoms with Gasteiger partial charge in [0.2, 0.25) is 0 Å². The van der Waals surface area contributed by atoms with Crippen molar-refractivity contribution in [1.82, 2.24) is 5.06 Å². The van der Waals surface area contributed by atoms with Crippen LogP contribution in [0, 0.1) is 5.92 Å². The molecule has 4 heteroatoms. The number of nitrogens with zero attached hydrogens (tertiary/aromatic N) is 1. The van der Waals surface area contributed by atoms with Crippen LogP contribution in [-0.4, -0.2) is 22.4 Å². The second-order valence-corrected chi connectivity index (χ2v) is 4.48. The first-order chi connectivity index (χ1) is 8.68. The Morgan fingerprint density at radius 1 is 1.44 bits per heavy atom. The minimum Gasteiger partial charge on any atom is -0.443 e. The number of carbonyl (C=O) groups excluding carboxylic acids is 1. The minimum absolute atomic E-state index is 0.152. The standard InChI is InChI=1S/C14H17NO3/c1-11-6-5-9-13(11)15(17)14(16)18-10-12-7-3-2-4-8-12/h2-8,11,13,17H,9-10H2,1H3/t11-,13-/m0/s1. The van der Waals surface area contributed by atoms with Crippen LogP contribution in [0.1, 0.15) is 18.9 Å². The molecule has 0 saturated heterocycles. The highest BCUT2D eigenvalue weighted by Crippen LogP contribution is 2.22. The van der Waals surface area contributed by atoms with Crippen LogP contribution in [0.2, 0.25) is 0 Å². The summed E-state index contributed by atoms with van der Waals surface area (Å²) in [5.41, 5.74) is 0.900. The fourth-order valence-electron chi connectivity index (χ4n) is 2.02. The summed E-state index contributed by atoms with van der Waals surface area (Å²) in [4.78, 5) is 11.7. The molecule has 0 aromatic heterocycles. The molecule has 1 aromatic carbocycles. The summed E-state index contributed by atoms with van der Waals surface area (Å²) in [6.45, 7) is 2.13. The summed E-state index contributed by atoms with van der Waals surface area (Å²) in [6.07, 6.45) is 3.92. The van der Waals surface area contributed by atoms with E-state index in [-0.39, 0.29) is 18.6 Å². The lowest BCUT2D eigenvalue weighted by Crippen LogP contribution is -2.39. The van der Waals surface area contributed by atoms with Crippen LogP contribution in [0.15, 0.2) is 42.5 Å². The number of rotatable bonds is 3. The van der Waals surface area contributed by atoms with Crippen LogP contribution in [0.5, 0.6) is 0 Å². The van der Waals surface area contributed by atoms with Crippen LogP contribution in [-0.2, 0) is 11.3 Å². The topological polar surface area (TPSA) is 49.8 Å². The highest BCUT2D eigenvalue weighted by Gasteiger charge is 2.29. The molecule has 0 radical (unpaired) electrons. The molecule has 96 valence electrons. The molecular formula is C14H17NO3. The predicted molar refractivity (Wildman–Crippen MR) is 67.0 cm³/mol. The van der Waals surface area contributed by atoms with Gasteiger partial charge in [-0.2, -0.15) is 5.06 Å². The molecule has 4 nitrogen and oxygen atoms in total. The van der Waals surface area contributed by atoms with Gasteiger partial charge >= 0.3 is 6.09 Å². The van der Waals surface area contributed by atoms with Crippen molar-refractivity contribution in [1.29, 1.82) is 0 Å². The number of hydrogen-bond acceptors (Lipinski definition) is 3. The van der Waals surface area contributed by atoms with E-state index in [1.54, 1.807) is 0 Å². The minimum atomic E-state index is -0.695. The van der Waals surface area contributed by atoms with Gasteiger partial charge in [-0.1, -0.05) is 49.4 Å². The third kappa shape index (κ3) is 2.90. The van der Waals surface area contributed by atoms with Gasteiger partial charge in [0, 0.05) is 0 Å². The number of amides is 1. The quantitative estimate of drug-likeness (QED) is 0.507. The van der Waals surface area contributed by atoms with Crippen molar-refractivity contribution >= 4 is 6.09 Å². The van der Waals surface area contributed by atoms with E-state index in [1.165, 1.54) is 0 Å². The van der Waals surface area contributed by atoms with E-state index in [0.29, 0.717) is 11.5 Å². The molecule has 0 aliphatic heterocycles. The normalized spacial score (nSPS) is 21.9. The van der Waals surface area contributed by atoms with Gasteiger partial charge in [0.15, 0.2) is 0 Å². The summed E-state index contributed by atoms with van der Waals surface area (Å²) in [6, 6.07) is 9.18. The molecule has 1 amide bonds. The maximum atomic E-state index is 11.7. The van der Waals surface area contributed by atoms with Crippen LogP contribution in [0.25, 0.3) is 0 Å². The van der Waals surface area contributed by atoms with Crippen molar-refractivity contribution in [2.75, 3.05) is 0 Å². The van der Waals surface area contributed by atoms with Crippen LogP contribution in [0.4, 0.5) is 4.79 Å². The monoisotopic (exact) mass is 247 g/mol. The zero-order valence-corrected chi connectivity index (χ0v) is 10.3. The Morgan fingerprint density at radius 2 is 2.17 bits per heavy atom. The first-order valence-corrected chi connectivity index (χ1v) is 6.04. The molecule has 0 fully saturated rings. The maximum Gasteiger partial charge on any atom is 0.434 e. The van der Waals surface area contributed by atoms with Gasteiger partial charge in [0.05, 0.1) is 6.04 Å². The number of ether oxygens (including phenoxy) is 1. The van der Waals surface area contributed by atoms with E-state index in [0.717, 1.165) is 5.56 Å². The number of carbonyl (C=O) groups is 1. The molecule has 1 aliphatic rings. The third-order valence-electron chi connectivity index (χ3n) is 3.13. The third-order valence-corrected chi connectivity index (χ3v) is 3.13. The molecular weight excluding hydrogens is 230 g/mol. The Bertz CT molecular complexity index is 430. The average molecular weight is 247 g/mol. The Balaban J connectivity index is 1.85. The summed E-state index contributed by atoms with van der Waals surface area (Å²) in [7, 11) is 0. The van der Waals surface area contributed by atoms with E-state index in [1.807, 2.05) is 49.4 Å². The summed E-state index contributed by atoms with van der Waals surface area (Å²) in [5, 5.41) is 10.5. The Kier molecular flexibility index (Phi) is 3.99. The van der Waals surface area contributed by atoms with E-state index in [4.69, 9.17) is 4.74 Å². The molecule has 0 unspecified atom stereocenters. The van der Waals surface area contributed by atoms with Crippen molar-refractivity contribution in [2.45, 2.75) is 26.0 Å². The van der Waals surface area contributed by atoms with Gasteiger partial charge in [-0.25, -0.2) is 4.79 Å². The van der Waals surface area contributed by atoms with E-state index < -0.39 is 6.09 Å². The van der Waals surface area contributed by atoms with Crippen LogP contribution < -0.4 is 0 Å². The Hall–Kier alpha value is -1.81. The number of hydrogen-bond donors (Lipinski definition) is 1. The summed E-state index contributed by atoms with van der Waals surface area (Å²) < 4.78 is 5.06. The maximum absolute atomic E-state index is 11.7. The molecule has 1 aliphatic carbocycles. The predicted octanol–water partition coefficient (Wildman–Crippen LogP) is 2.98. The lowest BCUT2D eigenvalue weighted by molar-refractivity contribution is -0.111. The molecule has 0 heterocycles. The SMILES string of the molecule is C[C@H]1C=CC[C@@H]1N(O)C(=O)OCc1ccccc1. The van der Waals surface area contributed by atoms with Crippen molar-refractivity contribution in [3.05, 3.63) is 48.0 Å². The smallest absolute Gasteiger partial charge is 0.434 e. The van der Waals surface area contributed by atoms with Gasteiger partial charge in [0.25, 0.3) is 0 Å². The number of hydroxylamine groups is 2. The van der Waals surface area contributed by atoms with Crippen molar-refractivity contribution in [3.63, 3.8) is 0 Å². The van der Waals surface area contributed by atoms with Gasteiger partial charge in [0.1, 0.15) is 6.61 Å². The van der Waals surface area contributed by atoms with Crippen molar-refractivity contribution in [3.8, 4) is 0 Å². The molecule has 0 spiro atoms. The Morgan fingerprint density at radius 3 is 2.78 bits per heavy atom. The fraction of sp³-hybridized carbons (Fsp3) is 0.357. The van der Waals surface area contributed by atoms with Crippen molar-refractivity contribution in [2.24, 2.45) is 5.92 Å². The van der Waals surface area contributed by atoms with Gasteiger partial charge in [-0.3, -0.25) is 5.21 Å². The largest absolute Gasteiger partial charge is 0.443 e. The zero-order chi connectivity index (χ0) is 13.0. The molecule has 2 rings (SSSR count). The lowest BCUT2D eigenvalue weighted by atomic mass is 10.1. The first kappa shape index (κ1) is 12.6. The Labute approximate surface area is 106 Å². The van der Waals surface area contributed by atoms with Crippen LogP contribution in [0.3, 0.4) is 0 Å². The number of benzene rings is 1. The van der Waals surface area contributed by atoms with Crippen molar-refractivity contribution < 1.29 is 14.7 Å². The second kappa shape index (κ2) is 5.69. The molecule has 18 heavy (non-hydrogen) atoms. The van der Waals surface area contributed by atoms with Gasteiger partial charge in [-0.15, -0.1) is 0 Å². The first-order valence-electron chi connectivity index (χ1n) is 6.04. The van der Waals surface area contributed by atoms with E-state index in [2.05, 4.69) is 0 Å². The zero-order valence-electron chi connectivity index (χ0n) is 10.3. The highest BCUT2D eigenvalue weighted by atomic mass is 16.6. The second-order valence-electron chi connectivity index (χ2n) is 4.48. The van der Waals surface area contributed by atoms with Crippen LogP contribution >= 0.6 is 0 Å². The fourth-order valence-corrected chi connectivity index (χ4v) is 2.02. The summed E-state index contributed by atoms with van der Waals surface area (Å²) in [5.74, 6) is 0.152. The lowest BCUT2D eigenvalue weighted by Gasteiger charge is -2.24. The van der Waals surface area contributed by atoms with E-state index in [9.17, 15) is 10.0 Å². The molecule has 1 N–H and O–H groups in total. The van der Waals surface area contributed by atoms with Gasteiger partial charge in [-0.05, 0) is 17.9 Å². The average Bonchev–Trinajstić information content (AvgIpc) is 2.82. The van der Waals surface area contributed by atoms with Gasteiger partial charge < -0.3 is 4.74 Å². The molecule has 0 bridgehead atoms. The molecule has 2 atom stereocenters.